The van der Waals surface area contributed by atoms with Crippen molar-refractivity contribution in [3.8, 4) is 0 Å². The summed E-state index contributed by atoms with van der Waals surface area (Å²) in [5, 5.41) is 12.8. The van der Waals surface area contributed by atoms with Crippen LogP contribution in [0.2, 0.25) is 0 Å². The van der Waals surface area contributed by atoms with E-state index in [-0.39, 0.29) is 5.91 Å². The number of rotatable bonds is 12. The van der Waals surface area contributed by atoms with Crippen LogP contribution in [0.15, 0.2) is 37.0 Å². The number of aliphatic hydroxyl groups excluding tert-OH is 1. The first-order valence-corrected chi connectivity index (χ1v) is 7.69. The molecule has 0 saturated heterocycles. The van der Waals surface area contributed by atoms with Gasteiger partial charge >= 0.3 is 0 Å². The van der Waals surface area contributed by atoms with Crippen molar-refractivity contribution in [1.29, 1.82) is 0 Å². The van der Waals surface area contributed by atoms with Crippen molar-refractivity contribution in [2.75, 3.05) is 26.2 Å². The van der Waals surface area contributed by atoms with E-state index in [0.29, 0.717) is 19.5 Å². The molecule has 2 N–H and O–H groups in total. The second-order valence-corrected chi connectivity index (χ2v) is 4.98. The van der Waals surface area contributed by atoms with E-state index in [9.17, 15) is 9.90 Å². The zero-order chi connectivity index (χ0) is 15.9. The van der Waals surface area contributed by atoms with Crippen molar-refractivity contribution in [2.45, 2.75) is 39.2 Å². The lowest BCUT2D eigenvalue weighted by Gasteiger charge is -2.24. The first-order valence-electron chi connectivity index (χ1n) is 7.69. The van der Waals surface area contributed by atoms with Gasteiger partial charge in [-0.25, -0.2) is 0 Å². The maximum Gasteiger partial charge on any atom is 0.223 e. The van der Waals surface area contributed by atoms with Gasteiger partial charge in [0.2, 0.25) is 5.91 Å². The molecule has 0 aromatic carbocycles. The van der Waals surface area contributed by atoms with Gasteiger partial charge in [0.25, 0.3) is 0 Å². The predicted octanol–water partition coefficient (Wildman–Crippen LogP) is 2.27. The standard InChI is InChI=1S/C17H30N2O2/c1-4-7-9-11-17(21)18-14-16(20)15-19(12-6-3)13-10-8-5-2/h4-5,7-9,16,20H,1,6,10-15H2,2-3H3,(H,18,21)/b8-5-,9-7-. The number of nitrogens with zero attached hydrogens (tertiary/aromatic N) is 1. The van der Waals surface area contributed by atoms with Crippen molar-refractivity contribution in [1.82, 2.24) is 10.2 Å². The summed E-state index contributed by atoms with van der Waals surface area (Å²) in [7, 11) is 0. The molecule has 0 heterocycles. The smallest absolute Gasteiger partial charge is 0.223 e. The van der Waals surface area contributed by atoms with E-state index in [0.717, 1.165) is 25.9 Å². The summed E-state index contributed by atoms with van der Waals surface area (Å²) in [6.07, 6.45) is 11.1. The van der Waals surface area contributed by atoms with Gasteiger partial charge in [0.15, 0.2) is 0 Å². The molecule has 0 fully saturated rings. The molecular weight excluding hydrogens is 264 g/mol. The molecule has 0 aromatic heterocycles. The molecule has 0 aliphatic rings. The second-order valence-electron chi connectivity index (χ2n) is 4.98. The average molecular weight is 294 g/mol. The Labute approximate surface area is 129 Å². The summed E-state index contributed by atoms with van der Waals surface area (Å²) >= 11 is 0. The number of carbonyl (C=O) groups excluding carboxylic acids is 1. The molecule has 0 rings (SSSR count). The molecule has 0 radical (unpaired) electrons. The van der Waals surface area contributed by atoms with Crippen LogP contribution in [0.25, 0.3) is 0 Å². The molecule has 1 atom stereocenters. The number of amides is 1. The summed E-state index contributed by atoms with van der Waals surface area (Å²) < 4.78 is 0. The molecule has 0 aromatic rings. The number of hydrogen-bond donors (Lipinski definition) is 2. The van der Waals surface area contributed by atoms with Crippen LogP contribution in [0.5, 0.6) is 0 Å². The fraction of sp³-hybridized carbons (Fsp3) is 0.588. The second kappa shape index (κ2) is 13.6. The Hall–Kier alpha value is -1.39. The Morgan fingerprint density at radius 2 is 2.14 bits per heavy atom. The molecule has 0 bridgehead atoms. The summed E-state index contributed by atoms with van der Waals surface area (Å²) in [5.74, 6) is -0.0805. The maximum absolute atomic E-state index is 11.5. The number of nitrogens with one attached hydrogen (secondary N) is 1. The van der Waals surface area contributed by atoms with Gasteiger partial charge < -0.3 is 15.3 Å². The zero-order valence-corrected chi connectivity index (χ0v) is 13.4. The minimum atomic E-state index is -0.533. The van der Waals surface area contributed by atoms with Gasteiger partial charge in [-0.1, -0.05) is 43.9 Å². The van der Waals surface area contributed by atoms with Crippen molar-refractivity contribution < 1.29 is 9.90 Å². The minimum absolute atomic E-state index is 0.0805. The largest absolute Gasteiger partial charge is 0.390 e. The van der Waals surface area contributed by atoms with E-state index < -0.39 is 6.10 Å². The highest BCUT2D eigenvalue weighted by Gasteiger charge is 2.11. The Kier molecular flexibility index (Phi) is 12.7. The molecule has 0 aliphatic heterocycles. The van der Waals surface area contributed by atoms with E-state index >= 15 is 0 Å². The van der Waals surface area contributed by atoms with Gasteiger partial charge in [0.05, 0.1) is 6.10 Å². The van der Waals surface area contributed by atoms with Crippen LogP contribution in [0.3, 0.4) is 0 Å². The van der Waals surface area contributed by atoms with E-state index in [1.54, 1.807) is 18.2 Å². The lowest BCUT2D eigenvalue weighted by molar-refractivity contribution is -0.120. The van der Waals surface area contributed by atoms with E-state index in [1.807, 2.05) is 13.0 Å². The molecule has 120 valence electrons. The predicted molar refractivity (Wildman–Crippen MR) is 89.1 cm³/mol. The molecule has 0 aliphatic carbocycles. The third-order valence-corrected chi connectivity index (χ3v) is 2.97. The summed E-state index contributed by atoms with van der Waals surface area (Å²) in [6.45, 7) is 10.5. The zero-order valence-electron chi connectivity index (χ0n) is 13.4. The molecule has 21 heavy (non-hydrogen) atoms. The third kappa shape index (κ3) is 12.1. The first-order chi connectivity index (χ1) is 10.1. The van der Waals surface area contributed by atoms with Gasteiger partial charge in [-0.15, -0.1) is 0 Å². The van der Waals surface area contributed by atoms with E-state index in [4.69, 9.17) is 0 Å². The number of hydrogen-bond acceptors (Lipinski definition) is 3. The Morgan fingerprint density at radius 1 is 1.38 bits per heavy atom. The fourth-order valence-corrected chi connectivity index (χ4v) is 1.97. The highest BCUT2D eigenvalue weighted by molar-refractivity contribution is 5.77. The van der Waals surface area contributed by atoms with Gasteiger partial charge in [-0.2, -0.15) is 0 Å². The Balaban J connectivity index is 4.00. The molecule has 1 amide bonds. The van der Waals surface area contributed by atoms with Crippen LogP contribution in [-0.2, 0) is 4.79 Å². The highest BCUT2D eigenvalue weighted by atomic mass is 16.3. The Bertz CT molecular complexity index is 338. The molecule has 4 heteroatoms. The van der Waals surface area contributed by atoms with Crippen molar-refractivity contribution in [2.24, 2.45) is 0 Å². The van der Waals surface area contributed by atoms with Gasteiger partial charge in [0.1, 0.15) is 0 Å². The maximum atomic E-state index is 11.5. The summed E-state index contributed by atoms with van der Waals surface area (Å²) in [4.78, 5) is 13.7. The van der Waals surface area contributed by atoms with Crippen LogP contribution in [0.1, 0.15) is 33.1 Å². The fourth-order valence-electron chi connectivity index (χ4n) is 1.97. The van der Waals surface area contributed by atoms with Gasteiger partial charge in [-0.3, -0.25) is 4.79 Å². The lowest BCUT2D eigenvalue weighted by atomic mass is 10.2. The van der Waals surface area contributed by atoms with Crippen molar-refractivity contribution in [3.63, 3.8) is 0 Å². The van der Waals surface area contributed by atoms with Crippen LogP contribution in [0.4, 0.5) is 0 Å². The molecule has 0 spiro atoms. The molecule has 1 unspecified atom stereocenters. The topological polar surface area (TPSA) is 52.6 Å². The molecule has 0 saturated carbocycles. The van der Waals surface area contributed by atoms with Gasteiger partial charge in [0, 0.05) is 26.1 Å². The monoisotopic (exact) mass is 294 g/mol. The average Bonchev–Trinajstić information content (AvgIpc) is 2.46. The minimum Gasteiger partial charge on any atom is -0.390 e. The normalized spacial score (nSPS) is 13.1. The summed E-state index contributed by atoms with van der Waals surface area (Å²) in [6, 6.07) is 0. The first kappa shape index (κ1) is 19.6. The molecular formula is C17H30N2O2. The Morgan fingerprint density at radius 3 is 2.76 bits per heavy atom. The van der Waals surface area contributed by atoms with E-state index in [2.05, 4.69) is 29.8 Å². The molecule has 4 nitrogen and oxygen atoms in total. The number of aliphatic hydroxyl groups is 1. The summed E-state index contributed by atoms with van der Waals surface area (Å²) in [5.41, 5.74) is 0. The van der Waals surface area contributed by atoms with Crippen LogP contribution in [0, 0.1) is 0 Å². The van der Waals surface area contributed by atoms with Gasteiger partial charge in [-0.05, 0) is 26.3 Å². The number of carbonyl (C=O) groups is 1. The van der Waals surface area contributed by atoms with Crippen molar-refractivity contribution in [3.05, 3.63) is 37.0 Å². The van der Waals surface area contributed by atoms with E-state index in [1.165, 1.54) is 0 Å². The highest BCUT2D eigenvalue weighted by Crippen LogP contribution is 1.98. The number of allylic oxidation sites excluding steroid dienone is 3. The SMILES string of the molecule is C=C/C=C\CC(=O)NCC(O)CN(CCC)CC/C=C\C. The van der Waals surface area contributed by atoms with Crippen LogP contribution >= 0.6 is 0 Å². The lowest BCUT2D eigenvalue weighted by Crippen LogP contribution is -2.40. The quantitative estimate of drug-likeness (QED) is 0.429. The van der Waals surface area contributed by atoms with Crippen LogP contribution < -0.4 is 5.32 Å². The third-order valence-electron chi connectivity index (χ3n) is 2.97. The van der Waals surface area contributed by atoms with Crippen molar-refractivity contribution >= 4 is 5.91 Å². The van der Waals surface area contributed by atoms with Crippen LogP contribution in [-0.4, -0.2) is 48.2 Å².